The molecule has 0 bridgehead atoms. The third-order valence-electron chi connectivity index (χ3n) is 3.57. The smallest absolute Gasteiger partial charge is 0.269 e. The van der Waals surface area contributed by atoms with Crippen LogP contribution < -0.4 is 5.32 Å². The molecule has 0 saturated carbocycles. The van der Waals surface area contributed by atoms with Crippen molar-refractivity contribution in [3.63, 3.8) is 0 Å². The van der Waals surface area contributed by atoms with Crippen molar-refractivity contribution in [3.05, 3.63) is 64.2 Å². The van der Waals surface area contributed by atoms with Crippen molar-refractivity contribution in [1.29, 1.82) is 0 Å². The van der Waals surface area contributed by atoms with Crippen LogP contribution in [0.1, 0.15) is 32.3 Å². The summed E-state index contributed by atoms with van der Waals surface area (Å²) in [4.78, 5) is 23.5. The van der Waals surface area contributed by atoms with E-state index in [-0.39, 0.29) is 16.8 Å². The number of carbonyl (C=O) groups excluding carboxylic acids is 1. The molecule has 0 aliphatic heterocycles. The predicted molar refractivity (Wildman–Crippen MR) is 97.6 cm³/mol. The molecule has 24 heavy (non-hydrogen) atoms. The van der Waals surface area contributed by atoms with E-state index in [0.29, 0.717) is 5.92 Å². The molecule has 1 unspecified atom stereocenters. The lowest BCUT2D eigenvalue weighted by Gasteiger charge is -2.16. The monoisotopic (exact) mass is 344 g/mol. The molecule has 2 aromatic rings. The van der Waals surface area contributed by atoms with Crippen LogP contribution in [0, 0.1) is 10.1 Å². The Morgan fingerprint density at radius 3 is 2.29 bits per heavy atom. The van der Waals surface area contributed by atoms with Crippen LogP contribution in [0.3, 0.4) is 0 Å². The first-order chi connectivity index (χ1) is 11.4. The van der Waals surface area contributed by atoms with Crippen molar-refractivity contribution in [1.82, 2.24) is 0 Å². The summed E-state index contributed by atoms with van der Waals surface area (Å²) in [6.45, 7) is 5.99. The zero-order valence-electron chi connectivity index (χ0n) is 13.9. The Morgan fingerprint density at radius 2 is 1.71 bits per heavy atom. The van der Waals surface area contributed by atoms with E-state index in [1.165, 1.54) is 23.9 Å². The van der Waals surface area contributed by atoms with Gasteiger partial charge in [0.15, 0.2) is 0 Å². The van der Waals surface area contributed by atoms with Crippen LogP contribution >= 0.6 is 11.8 Å². The third-order valence-corrected chi connectivity index (χ3v) is 4.68. The Hall–Kier alpha value is -2.34. The largest absolute Gasteiger partial charge is 0.325 e. The topological polar surface area (TPSA) is 72.2 Å². The number of non-ortho nitro benzene ring substituents is 1. The number of nitro benzene ring substituents is 1. The summed E-state index contributed by atoms with van der Waals surface area (Å²) in [5.41, 5.74) is 1.97. The third kappa shape index (κ3) is 4.58. The van der Waals surface area contributed by atoms with E-state index in [4.69, 9.17) is 0 Å². The quantitative estimate of drug-likeness (QED) is 0.462. The average molecular weight is 344 g/mol. The molecule has 0 spiro atoms. The minimum atomic E-state index is -0.437. The van der Waals surface area contributed by atoms with Gasteiger partial charge in [-0.05, 0) is 36.6 Å². The SMILES string of the molecule is CC(Sc1ccc([N+](=O)[O-])cc1)C(=O)Nc1ccccc1C(C)C. The van der Waals surface area contributed by atoms with Gasteiger partial charge in [-0.2, -0.15) is 0 Å². The van der Waals surface area contributed by atoms with Crippen molar-refractivity contribution in [2.24, 2.45) is 0 Å². The number of hydrogen-bond donors (Lipinski definition) is 1. The standard InChI is InChI=1S/C18H20N2O3S/c1-12(2)16-6-4-5-7-17(16)19-18(21)13(3)24-15-10-8-14(9-11-15)20(22)23/h4-13H,1-3H3,(H,19,21). The summed E-state index contributed by atoms with van der Waals surface area (Å²) in [7, 11) is 0. The average Bonchev–Trinajstić information content (AvgIpc) is 2.55. The van der Waals surface area contributed by atoms with E-state index in [9.17, 15) is 14.9 Å². The predicted octanol–water partition coefficient (Wildman–Crippen LogP) is 4.84. The van der Waals surface area contributed by atoms with Gasteiger partial charge in [0.2, 0.25) is 5.91 Å². The summed E-state index contributed by atoms with van der Waals surface area (Å²) >= 11 is 1.37. The molecule has 0 aliphatic carbocycles. The Labute approximate surface area is 145 Å². The summed E-state index contributed by atoms with van der Waals surface area (Å²) < 4.78 is 0. The maximum Gasteiger partial charge on any atom is 0.269 e. The summed E-state index contributed by atoms with van der Waals surface area (Å²) in [5.74, 6) is 0.227. The molecule has 0 saturated heterocycles. The molecular weight excluding hydrogens is 324 g/mol. The number of rotatable bonds is 6. The minimum Gasteiger partial charge on any atom is -0.325 e. The molecule has 0 heterocycles. The number of nitrogens with zero attached hydrogens (tertiary/aromatic N) is 1. The molecule has 2 rings (SSSR count). The highest BCUT2D eigenvalue weighted by Crippen LogP contribution is 2.28. The van der Waals surface area contributed by atoms with Crippen LogP contribution in [0.25, 0.3) is 0 Å². The van der Waals surface area contributed by atoms with E-state index >= 15 is 0 Å². The maximum atomic E-state index is 12.4. The van der Waals surface area contributed by atoms with Crippen LogP contribution in [-0.4, -0.2) is 16.1 Å². The van der Waals surface area contributed by atoms with Gasteiger partial charge in [-0.15, -0.1) is 11.8 Å². The van der Waals surface area contributed by atoms with Crippen LogP contribution in [0.15, 0.2) is 53.4 Å². The normalized spacial score (nSPS) is 12.0. The molecular formula is C18H20N2O3S. The number of nitrogens with one attached hydrogen (secondary N) is 1. The Bertz CT molecular complexity index is 729. The van der Waals surface area contributed by atoms with Crippen LogP contribution in [0.5, 0.6) is 0 Å². The number of benzene rings is 2. The second-order valence-corrected chi connectivity index (χ2v) is 7.16. The fourth-order valence-electron chi connectivity index (χ4n) is 2.25. The zero-order valence-corrected chi connectivity index (χ0v) is 14.7. The molecule has 1 amide bonds. The highest BCUT2D eigenvalue weighted by atomic mass is 32.2. The van der Waals surface area contributed by atoms with E-state index in [1.807, 2.05) is 31.2 Å². The lowest BCUT2D eigenvalue weighted by Crippen LogP contribution is -2.23. The highest BCUT2D eigenvalue weighted by Gasteiger charge is 2.17. The summed E-state index contributed by atoms with van der Waals surface area (Å²) in [6.07, 6.45) is 0. The van der Waals surface area contributed by atoms with Crippen molar-refractivity contribution >= 4 is 29.0 Å². The second-order valence-electron chi connectivity index (χ2n) is 5.74. The van der Waals surface area contributed by atoms with Crippen molar-refractivity contribution in [3.8, 4) is 0 Å². The summed E-state index contributed by atoms with van der Waals surface area (Å²) in [6, 6.07) is 14.0. The molecule has 0 fully saturated rings. The van der Waals surface area contributed by atoms with Gasteiger partial charge in [-0.1, -0.05) is 32.0 Å². The number of carbonyl (C=O) groups is 1. The first-order valence-corrected chi connectivity index (χ1v) is 8.57. The molecule has 6 heteroatoms. The van der Waals surface area contributed by atoms with Crippen molar-refractivity contribution < 1.29 is 9.72 Å². The fraction of sp³-hybridized carbons (Fsp3) is 0.278. The molecule has 1 N–H and O–H groups in total. The molecule has 1 atom stereocenters. The molecule has 2 aromatic carbocycles. The number of amides is 1. The van der Waals surface area contributed by atoms with Crippen molar-refractivity contribution in [2.75, 3.05) is 5.32 Å². The van der Waals surface area contributed by atoms with Gasteiger partial charge in [0.25, 0.3) is 5.69 Å². The molecule has 5 nitrogen and oxygen atoms in total. The van der Waals surface area contributed by atoms with Gasteiger partial charge in [0.1, 0.15) is 0 Å². The Kier molecular flexibility index (Phi) is 5.98. The number of para-hydroxylation sites is 1. The number of anilines is 1. The van der Waals surface area contributed by atoms with Gasteiger partial charge >= 0.3 is 0 Å². The maximum absolute atomic E-state index is 12.4. The van der Waals surface area contributed by atoms with Crippen LogP contribution in [0.2, 0.25) is 0 Å². The van der Waals surface area contributed by atoms with Gasteiger partial charge < -0.3 is 5.32 Å². The zero-order chi connectivity index (χ0) is 17.7. The van der Waals surface area contributed by atoms with Gasteiger partial charge in [0.05, 0.1) is 10.2 Å². The Balaban J connectivity index is 2.03. The lowest BCUT2D eigenvalue weighted by atomic mass is 10.0. The fourth-order valence-corrected chi connectivity index (χ4v) is 3.12. The van der Waals surface area contributed by atoms with Crippen LogP contribution in [0.4, 0.5) is 11.4 Å². The van der Waals surface area contributed by atoms with Crippen molar-refractivity contribution in [2.45, 2.75) is 36.8 Å². The number of nitro groups is 1. The van der Waals surface area contributed by atoms with E-state index in [2.05, 4.69) is 19.2 Å². The first-order valence-electron chi connectivity index (χ1n) is 7.69. The summed E-state index contributed by atoms with van der Waals surface area (Å²) in [5, 5.41) is 13.3. The lowest BCUT2D eigenvalue weighted by molar-refractivity contribution is -0.384. The molecule has 126 valence electrons. The molecule has 0 aromatic heterocycles. The first kappa shape index (κ1) is 18.0. The number of hydrogen-bond acceptors (Lipinski definition) is 4. The highest BCUT2D eigenvalue weighted by molar-refractivity contribution is 8.00. The van der Waals surface area contributed by atoms with E-state index in [1.54, 1.807) is 12.1 Å². The Morgan fingerprint density at radius 1 is 1.08 bits per heavy atom. The second kappa shape index (κ2) is 7.97. The minimum absolute atomic E-state index is 0.0438. The van der Waals surface area contributed by atoms with Crippen LogP contribution in [-0.2, 0) is 4.79 Å². The molecule has 0 aliphatic rings. The molecule has 0 radical (unpaired) electrons. The van der Waals surface area contributed by atoms with Gasteiger partial charge in [0, 0.05) is 22.7 Å². The number of thioether (sulfide) groups is 1. The van der Waals surface area contributed by atoms with E-state index in [0.717, 1.165) is 16.1 Å². The van der Waals surface area contributed by atoms with Gasteiger partial charge in [-0.3, -0.25) is 14.9 Å². The van der Waals surface area contributed by atoms with Gasteiger partial charge in [-0.25, -0.2) is 0 Å². The van der Waals surface area contributed by atoms with E-state index < -0.39 is 4.92 Å².